The molecule has 1 aliphatic carbocycles. The SMILES string of the molecule is O=C1C(=CN2CCCc3ccccc32)SC(=S)N1C1CCCC1. The highest BCUT2D eigenvalue weighted by Crippen LogP contribution is 2.38. The summed E-state index contributed by atoms with van der Waals surface area (Å²) in [5.74, 6) is 0.106. The van der Waals surface area contributed by atoms with Gasteiger partial charge in [-0.1, -0.05) is 55.0 Å². The van der Waals surface area contributed by atoms with E-state index in [0.29, 0.717) is 6.04 Å². The molecule has 3 aliphatic rings. The summed E-state index contributed by atoms with van der Waals surface area (Å²) < 4.78 is 0.735. The Kier molecular flexibility index (Phi) is 4.16. The van der Waals surface area contributed by atoms with E-state index in [9.17, 15) is 4.79 Å². The van der Waals surface area contributed by atoms with Crippen molar-refractivity contribution in [2.24, 2.45) is 0 Å². The lowest BCUT2D eigenvalue weighted by Crippen LogP contribution is -2.37. The van der Waals surface area contributed by atoms with Crippen LogP contribution in [0.15, 0.2) is 35.4 Å². The Balaban J connectivity index is 1.60. The van der Waals surface area contributed by atoms with Crippen molar-refractivity contribution in [2.75, 3.05) is 11.4 Å². The average molecular weight is 345 g/mol. The Morgan fingerprint density at radius 1 is 1.17 bits per heavy atom. The number of nitrogens with zero attached hydrogens (tertiary/aromatic N) is 2. The maximum atomic E-state index is 12.8. The fourth-order valence-corrected chi connectivity index (χ4v) is 5.17. The van der Waals surface area contributed by atoms with Crippen LogP contribution in [0.1, 0.15) is 37.7 Å². The summed E-state index contributed by atoms with van der Waals surface area (Å²) in [5.41, 5.74) is 2.59. The van der Waals surface area contributed by atoms with E-state index in [0.717, 1.165) is 41.5 Å². The molecule has 0 aromatic heterocycles. The molecule has 120 valence electrons. The van der Waals surface area contributed by atoms with Crippen LogP contribution in [0.5, 0.6) is 0 Å². The van der Waals surface area contributed by atoms with Crippen molar-refractivity contribution in [1.82, 2.24) is 4.90 Å². The van der Waals surface area contributed by atoms with E-state index < -0.39 is 0 Å². The van der Waals surface area contributed by atoms with Gasteiger partial charge in [0.1, 0.15) is 4.32 Å². The molecule has 23 heavy (non-hydrogen) atoms. The maximum Gasteiger partial charge on any atom is 0.267 e. The average Bonchev–Trinajstić information content (AvgIpc) is 3.17. The molecule has 3 nitrogen and oxygen atoms in total. The molecule has 0 bridgehead atoms. The second kappa shape index (κ2) is 6.29. The highest BCUT2D eigenvalue weighted by Gasteiger charge is 2.38. The van der Waals surface area contributed by atoms with Crippen LogP contribution in [0.3, 0.4) is 0 Å². The van der Waals surface area contributed by atoms with Gasteiger partial charge >= 0.3 is 0 Å². The predicted molar refractivity (Wildman–Crippen MR) is 99.5 cm³/mol. The van der Waals surface area contributed by atoms with Gasteiger partial charge in [-0.25, -0.2) is 0 Å². The number of hydrogen-bond donors (Lipinski definition) is 0. The topological polar surface area (TPSA) is 23.6 Å². The molecule has 0 atom stereocenters. The van der Waals surface area contributed by atoms with Crippen LogP contribution in [-0.2, 0) is 11.2 Å². The van der Waals surface area contributed by atoms with Crippen molar-refractivity contribution >= 4 is 39.9 Å². The Morgan fingerprint density at radius 2 is 1.96 bits per heavy atom. The Labute approximate surface area is 146 Å². The van der Waals surface area contributed by atoms with E-state index in [-0.39, 0.29) is 5.91 Å². The van der Waals surface area contributed by atoms with Crippen molar-refractivity contribution < 1.29 is 4.79 Å². The van der Waals surface area contributed by atoms with Crippen molar-refractivity contribution in [3.8, 4) is 0 Å². The lowest BCUT2D eigenvalue weighted by molar-refractivity contribution is -0.123. The summed E-state index contributed by atoms with van der Waals surface area (Å²) >= 11 is 6.95. The summed E-state index contributed by atoms with van der Waals surface area (Å²) in [4.78, 5) is 17.7. The first-order valence-electron chi connectivity index (χ1n) is 8.36. The van der Waals surface area contributed by atoms with E-state index >= 15 is 0 Å². The second-order valence-corrected chi connectivity index (χ2v) is 8.08. The van der Waals surface area contributed by atoms with Gasteiger partial charge in [-0.15, -0.1) is 0 Å². The monoisotopic (exact) mass is 344 g/mol. The minimum atomic E-state index is 0.106. The second-order valence-electron chi connectivity index (χ2n) is 6.40. The number of fused-ring (bicyclic) bond motifs is 1. The number of hydrogen-bond acceptors (Lipinski definition) is 4. The number of carbonyl (C=O) groups is 1. The molecule has 1 amide bonds. The van der Waals surface area contributed by atoms with E-state index in [1.54, 1.807) is 0 Å². The van der Waals surface area contributed by atoms with Crippen LogP contribution in [0.25, 0.3) is 0 Å². The highest BCUT2D eigenvalue weighted by molar-refractivity contribution is 8.26. The third-order valence-corrected chi connectivity index (χ3v) is 6.25. The van der Waals surface area contributed by atoms with Gasteiger partial charge in [0.2, 0.25) is 0 Å². The van der Waals surface area contributed by atoms with Gasteiger partial charge < -0.3 is 4.90 Å². The zero-order valence-corrected chi connectivity index (χ0v) is 14.7. The molecule has 1 saturated carbocycles. The van der Waals surface area contributed by atoms with E-state index in [1.807, 2.05) is 11.1 Å². The van der Waals surface area contributed by atoms with Gasteiger partial charge in [-0.3, -0.25) is 9.69 Å². The number of aryl methyl sites for hydroxylation is 1. The number of para-hydroxylation sites is 1. The first kappa shape index (κ1) is 15.2. The van der Waals surface area contributed by atoms with E-state index in [4.69, 9.17) is 12.2 Å². The number of thioether (sulfide) groups is 1. The molecule has 2 aliphatic heterocycles. The van der Waals surface area contributed by atoms with Crippen LogP contribution < -0.4 is 4.90 Å². The molecule has 0 spiro atoms. The highest BCUT2D eigenvalue weighted by atomic mass is 32.2. The fraction of sp³-hybridized carbons (Fsp3) is 0.444. The molecule has 0 unspecified atom stereocenters. The predicted octanol–water partition coefficient (Wildman–Crippen LogP) is 4.08. The normalized spacial score (nSPS) is 23.9. The molecule has 2 fully saturated rings. The van der Waals surface area contributed by atoms with Crippen molar-refractivity contribution in [2.45, 2.75) is 44.6 Å². The van der Waals surface area contributed by atoms with Crippen LogP contribution in [-0.4, -0.2) is 27.7 Å². The van der Waals surface area contributed by atoms with E-state index in [1.165, 1.54) is 35.9 Å². The Bertz CT molecular complexity index is 679. The molecule has 5 heteroatoms. The van der Waals surface area contributed by atoms with Crippen molar-refractivity contribution in [3.63, 3.8) is 0 Å². The molecule has 1 saturated heterocycles. The quantitative estimate of drug-likeness (QED) is 0.596. The number of rotatable bonds is 2. The van der Waals surface area contributed by atoms with Gasteiger partial charge in [0.05, 0.1) is 4.91 Å². The molecule has 0 N–H and O–H groups in total. The summed E-state index contributed by atoms with van der Waals surface area (Å²) in [6.07, 6.45) is 8.85. The van der Waals surface area contributed by atoms with Crippen LogP contribution in [0.4, 0.5) is 5.69 Å². The fourth-order valence-electron chi connectivity index (χ4n) is 3.79. The number of benzene rings is 1. The number of amides is 1. The summed E-state index contributed by atoms with van der Waals surface area (Å²) in [7, 11) is 0. The zero-order chi connectivity index (χ0) is 15.8. The Morgan fingerprint density at radius 3 is 2.78 bits per heavy atom. The lowest BCUT2D eigenvalue weighted by Gasteiger charge is -2.28. The van der Waals surface area contributed by atoms with Gasteiger partial charge in [0, 0.05) is 24.5 Å². The summed E-state index contributed by atoms with van der Waals surface area (Å²) in [6, 6.07) is 8.79. The largest absolute Gasteiger partial charge is 0.346 e. The summed E-state index contributed by atoms with van der Waals surface area (Å²) in [6.45, 7) is 0.963. The molecular weight excluding hydrogens is 324 g/mol. The molecular formula is C18H20N2OS2. The molecule has 1 aromatic carbocycles. The van der Waals surface area contributed by atoms with Crippen molar-refractivity contribution in [3.05, 3.63) is 40.9 Å². The van der Waals surface area contributed by atoms with Crippen LogP contribution in [0, 0.1) is 0 Å². The smallest absolute Gasteiger partial charge is 0.267 e. The van der Waals surface area contributed by atoms with Gasteiger partial charge in [0.15, 0.2) is 0 Å². The third kappa shape index (κ3) is 2.81. The zero-order valence-electron chi connectivity index (χ0n) is 13.0. The Hall–Kier alpha value is -1.33. The standard InChI is InChI=1S/C18H20N2OS2/c21-17-16(23-18(22)20(17)14-8-2-3-9-14)12-19-11-5-7-13-6-1-4-10-15(13)19/h1,4,6,10,12,14H,2-3,5,7-9,11H2. The number of carbonyl (C=O) groups excluding carboxylic acids is 1. The van der Waals surface area contributed by atoms with Crippen molar-refractivity contribution in [1.29, 1.82) is 0 Å². The van der Waals surface area contributed by atoms with Gasteiger partial charge in [-0.05, 0) is 37.3 Å². The minimum absolute atomic E-state index is 0.106. The van der Waals surface area contributed by atoms with Crippen LogP contribution >= 0.6 is 24.0 Å². The van der Waals surface area contributed by atoms with E-state index in [2.05, 4.69) is 29.2 Å². The molecule has 0 radical (unpaired) electrons. The molecule has 4 rings (SSSR count). The van der Waals surface area contributed by atoms with Gasteiger partial charge in [0.25, 0.3) is 5.91 Å². The first-order valence-corrected chi connectivity index (χ1v) is 9.58. The molecule has 2 heterocycles. The molecule has 1 aromatic rings. The lowest BCUT2D eigenvalue weighted by atomic mass is 10.0. The maximum absolute atomic E-state index is 12.8. The minimum Gasteiger partial charge on any atom is -0.346 e. The number of thiocarbonyl (C=S) groups is 1. The van der Waals surface area contributed by atoms with Crippen LogP contribution in [0.2, 0.25) is 0 Å². The number of anilines is 1. The third-order valence-electron chi connectivity index (χ3n) is 4.93. The van der Waals surface area contributed by atoms with Gasteiger partial charge in [-0.2, -0.15) is 0 Å². The summed E-state index contributed by atoms with van der Waals surface area (Å²) in [5, 5.41) is 0. The first-order chi connectivity index (χ1) is 11.2.